The number of aliphatic imine (C=N–C) groups is 1. The molecule has 22 heteroatoms. The molecule has 67 heavy (non-hydrogen) atoms. The van der Waals surface area contributed by atoms with E-state index >= 15 is 0 Å². The average Bonchev–Trinajstić information content (AvgIpc) is 3.73. The maximum Gasteiger partial charge on any atom is 0.326 e. The first-order valence-electron chi connectivity index (χ1n) is 23.6. The van der Waals surface area contributed by atoms with Gasteiger partial charge in [0.15, 0.2) is 5.96 Å². The number of carboxylic acids is 1. The van der Waals surface area contributed by atoms with Crippen molar-refractivity contribution >= 4 is 59.2 Å². The number of primary amides is 1. The normalized spacial score (nSPS) is 17.3. The van der Waals surface area contributed by atoms with Gasteiger partial charge in [0.05, 0.1) is 6.04 Å². The molecule has 382 valence electrons. The smallest absolute Gasteiger partial charge is 0.326 e. The number of amides is 8. The molecule has 0 bridgehead atoms. The van der Waals surface area contributed by atoms with Gasteiger partial charge in [-0.3, -0.25) is 43.3 Å². The van der Waals surface area contributed by atoms with Gasteiger partial charge < -0.3 is 64.8 Å². The summed E-state index contributed by atoms with van der Waals surface area (Å²) in [4.78, 5) is 126. The maximum atomic E-state index is 14.1. The van der Waals surface area contributed by atoms with Crippen LogP contribution in [0, 0.1) is 29.6 Å². The number of hydrogen-bond acceptors (Lipinski definition) is 11. The van der Waals surface area contributed by atoms with Crippen LogP contribution in [0.15, 0.2) is 4.99 Å². The van der Waals surface area contributed by atoms with Crippen molar-refractivity contribution in [1.29, 1.82) is 0 Å². The van der Waals surface area contributed by atoms with Crippen LogP contribution in [0.25, 0.3) is 0 Å². The minimum absolute atomic E-state index is 0.0565. The number of nitrogens with two attached hydrogens (primary N) is 4. The molecular weight excluding hydrogens is 869 g/mol. The highest BCUT2D eigenvalue weighted by atomic mass is 16.4. The lowest BCUT2D eigenvalue weighted by atomic mass is 9.98. The Kier molecular flexibility index (Phi) is 26.0. The molecule has 1 fully saturated rings. The van der Waals surface area contributed by atoms with Crippen molar-refractivity contribution in [3.05, 3.63) is 0 Å². The molecule has 0 radical (unpaired) electrons. The molecule has 0 unspecified atom stereocenters. The molecule has 1 heterocycles. The van der Waals surface area contributed by atoms with E-state index in [2.05, 4.69) is 36.9 Å². The van der Waals surface area contributed by atoms with E-state index in [1.54, 1.807) is 41.5 Å². The van der Waals surface area contributed by atoms with Gasteiger partial charge in [-0.1, -0.05) is 75.7 Å². The van der Waals surface area contributed by atoms with E-state index < -0.39 is 102 Å². The predicted octanol–water partition coefficient (Wildman–Crippen LogP) is -0.542. The molecule has 1 rings (SSSR count). The third-order valence-corrected chi connectivity index (χ3v) is 11.5. The summed E-state index contributed by atoms with van der Waals surface area (Å²) in [6.45, 7) is 18.4. The van der Waals surface area contributed by atoms with Crippen LogP contribution in [0.3, 0.4) is 0 Å². The highest BCUT2D eigenvalue weighted by molar-refractivity contribution is 5.98. The molecule has 0 aromatic carbocycles. The quantitative estimate of drug-likeness (QED) is 0.0245. The number of aliphatic carboxylic acids is 1. The summed E-state index contributed by atoms with van der Waals surface area (Å²) in [7, 11) is 0. The lowest BCUT2D eigenvalue weighted by Gasteiger charge is -2.31. The molecule has 0 aromatic heterocycles. The van der Waals surface area contributed by atoms with Crippen molar-refractivity contribution in [1.82, 2.24) is 36.8 Å². The Bertz CT molecular complexity index is 1720. The van der Waals surface area contributed by atoms with Gasteiger partial charge in [-0.05, 0) is 81.0 Å². The van der Waals surface area contributed by atoms with Crippen LogP contribution >= 0.6 is 0 Å². The Morgan fingerprint density at radius 3 is 1.57 bits per heavy atom. The first-order valence-corrected chi connectivity index (χ1v) is 23.6. The van der Waals surface area contributed by atoms with Gasteiger partial charge in [-0.15, -0.1) is 0 Å². The molecular formula is C45H82N12O10. The lowest BCUT2D eigenvalue weighted by molar-refractivity contribution is -0.143. The molecule has 22 nitrogen and oxygen atoms in total. The minimum atomic E-state index is -1.42. The zero-order valence-electron chi connectivity index (χ0n) is 41.3. The highest BCUT2D eigenvalue weighted by Crippen LogP contribution is 2.21. The van der Waals surface area contributed by atoms with E-state index in [-0.39, 0.29) is 87.0 Å². The standard InChI is InChI=1S/C45H82N12O10/c1-11-27(10)35(47)43(65)57-19-13-15-33(57)41(63)51-28(14-12-18-50-45(48)49)37(59)54-31(21-24(4)5)40(62)56-36(26(8)9)42(64)52-29(16-17-34(46)58)38(60)53-30(20-23(2)3)39(61)55-32(44(66)67)22-25(6)7/h23-33,35-36H,11-22,47H2,1-10H3,(H2,46,58)(H,51,63)(H,52,64)(H,53,60)(H,54,59)(H,55,61)(H,56,62)(H,66,67)(H4,48,49,50)/t27-,28-,29-,30-,31-,32-,33-,35-,36-/m0/s1. The SMILES string of the molecule is CC[C@H](C)[C@H](N)C(=O)N1CCC[C@H]1C(=O)N[C@@H](CCCN=C(N)N)C(=O)N[C@@H](CC(C)C)C(=O)N[C@H](C(=O)N[C@@H](CCC(N)=O)C(=O)N[C@@H](CC(C)C)C(=O)N[C@@H](CC(C)C)C(=O)O)C(C)C. The second kappa shape index (κ2) is 29.3. The summed E-state index contributed by atoms with van der Waals surface area (Å²) in [6.07, 6.45) is 1.65. The molecule has 1 saturated heterocycles. The fraction of sp³-hybridized carbons (Fsp3) is 0.778. The zero-order valence-corrected chi connectivity index (χ0v) is 41.3. The molecule has 9 atom stereocenters. The third-order valence-electron chi connectivity index (χ3n) is 11.5. The van der Waals surface area contributed by atoms with Crippen molar-refractivity contribution in [3.63, 3.8) is 0 Å². The molecule has 0 spiro atoms. The Hall–Kier alpha value is -5.54. The highest BCUT2D eigenvalue weighted by Gasteiger charge is 2.40. The number of carboxylic acid groups (broad SMARTS) is 1. The van der Waals surface area contributed by atoms with E-state index in [9.17, 15) is 48.3 Å². The Morgan fingerprint density at radius 2 is 1.10 bits per heavy atom. The lowest BCUT2D eigenvalue weighted by Crippen LogP contribution is -2.61. The molecule has 0 saturated carbocycles. The summed E-state index contributed by atoms with van der Waals surface area (Å²) >= 11 is 0. The van der Waals surface area contributed by atoms with Crippen LogP contribution < -0.4 is 54.8 Å². The van der Waals surface area contributed by atoms with Crippen LogP contribution in [0.4, 0.5) is 0 Å². The van der Waals surface area contributed by atoms with Gasteiger partial charge in [0.2, 0.25) is 47.3 Å². The van der Waals surface area contributed by atoms with Crippen molar-refractivity contribution in [2.24, 2.45) is 57.5 Å². The molecule has 1 aliphatic rings. The summed E-state index contributed by atoms with van der Waals surface area (Å²) in [5.41, 5.74) is 22.7. The first kappa shape index (κ1) is 59.5. The predicted molar refractivity (Wildman–Crippen MR) is 253 cm³/mol. The fourth-order valence-corrected chi connectivity index (χ4v) is 7.55. The molecule has 0 aliphatic carbocycles. The van der Waals surface area contributed by atoms with Gasteiger partial charge in [-0.25, -0.2) is 4.79 Å². The minimum Gasteiger partial charge on any atom is -0.480 e. The number of guanidine groups is 1. The zero-order chi connectivity index (χ0) is 51.3. The van der Waals surface area contributed by atoms with Crippen molar-refractivity contribution in [3.8, 4) is 0 Å². The summed E-state index contributed by atoms with van der Waals surface area (Å²) < 4.78 is 0. The number of carbonyl (C=O) groups excluding carboxylic acids is 8. The van der Waals surface area contributed by atoms with Gasteiger partial charge >= 0.3 is 5.97 Å². The van der Waals surface area contributed by atoms with E-state index in [1.807, 2.05) is 27.7 Å². The number of hydrogen-bond donors (Lipinski definition) is 11. The van der Waals surface area contributed by atoms with Crippen molar-refractivity contribution in [2.75, 3.05) is 13.1 Å². The van der Waals surface area contributed by atoms with Crippen LogP contribution in [0.1, 0.15) is 133 Å². The second-order valence-electron chi connectivity index (χ2n) is 19.3. The summed E-state index contributed by atoms with van der Waals surface area (Å²) in [6, 6.07) is -9.21. The van der Waals surface area contributed by atoms with E-state index in [1.165, 1.54) is 4.90 Å². The topological polar surface area (TPSA) is 366 Å². The average molecular weight is 951 g/mol. The number of rotatable bonds is 30. The number of nitrogens with zero attached hydrogens (tertiary/aromatic N) is 2. The fourth-order valence-electron chi connectivity index (χ4n) is 7.55. The number of nitrogens with one attached hydrogen (secondary N) is 6. The van der Waals surface area contributed by atoms with Gasteiger partial charge in [0.25, 0.3) is 0 Å². The van der Waals surface area contributed by atoms with Crippen LogP contribution in [0.2, 0.25) is 0 Å². The summed E-state index contributed by atoms with van der Waals surface area (Å²) in [5.74, 6) is -8.01. The Morgan fingerprint density at radius 1 is 0.642 bits per heavy atom. The second-order valence-corrected chi connectivity index (χ2v) is 19.3. The van der Waals surface area contributed by atoms with E-state index in [4.69, 9.17) is 22.9 Å². The van der Waals surface area contributed by atoms with E-state index in [0.29, 0.717) is 25.8 Å². The van der Waals surface area contributed by atoms with Crippen LogP contribution in [-0.4, -0.2) is 131 Å². The monoisotopic (exact) mass is 951 g/mol. The number of carbonyl (C=O) groups is 9. The first-order chi connectivity index (χ1) is 31.2. The summed E-state index contributed by atoms with van der Waals surface area (Å²) in [5, 5.41) is 25.7. The Labute approximate surface area is 395 Å². The number of likely N-dealkylation sites (tertiary alicyclic amines) is 1. The van der Waals surface area contributed by atoms with Crippen molar-refractivity contribution in [2.45, 2.75) is 182 Å². The van der Waals surface area contributed by atoms with Crippen LogP contribution in [-0.2, 0) is 43.2 Å². The van der Waals surface area contributed by atoms with Crippen molar-refractivity contribution < 1.29 is 48.3 Å². The van der Waals surface area contributed by atoms with E-state index in [0.717, 1.165) is 0 Å². The largest absolute Gasteiger partial charge is 0.480 e. The molecule has 15 N–H and O–H groups in total. The van der Waals surface area contributed by atoms with Gasteiger partial charge in [-0.2, -0.15) is 0 Å². The third kappa shape index (κ3) is 21.3. The Balaban J connectivity index is 3.42. The maximum absolute atomic E-state index is 14.1. The molecule has 1 aliphatic heterocycles. The van der Waals surface area contributed by atoms with Gasteiger partial charge in [0.1, 0.15) is 42.3 Å². The van der Waals surface area contributed by atoms with Gasteiger partial charge in [0, 0.05) is 19.5 Å². The molecule has 8 amide bonds. The molecule has 0 aromatic rings. The van der Waals surface area contributed by atoms with Crippen LogP contribution in [0.5, 0.6) is 0 Å².